The van der Waals surface area contributed by atoms with Crippen molar-refractivity contribution in [2.45, 2.75) is 129 Å². The van der Waals surface area contributed by atoms with E-state index in [9.17, 15) is 9.59 Å². The minimum atomic E-state index is -0.934. The van der Waals surface area contributed by atoms with Crippen LogP contribution < -0.4 is 9.47 Å². The molecule has 12 nitrogen and oxygen atoms in total. The Balaban J connectivity index is 1.31. The smallest absolute Gasteiger partial charge is 0.413 e. The van der Waals surface area contributed by atoms with Gasteiger partial charge in [-0.15, -0.1) is 0 Å². The molecule has 0 spiro atoms. The maximum Gasteiger partial charge on any atom is 0.413 e. The highest BCUT2D eigenvalue weighted by Crippen LogP contribution is 2.47. The summed E-state index contributed by atoms with van der Waals surface area (Å²) in [5, 5.41) is 0. The van der Waals surface area contributed by atoms with E-state index in [-0.39, 0.29) is 26.4 Å². The fourth-order valence-electron chi connectivity index (χ4n) is 8.04. The lowest BCUT2D eigenvalue weighted by Crippen LogP contribution is -2.47. The number of fused-ring (bicyclic) bond motifs is 3. The van der Waals surface area contributed by atoms with E-state index in [1.165, 1.54) is 0 Å². The highest BCUT2D eigenvalue weighted by Gasteiger charge is 2.48. The SMILES string of the molecule is CC(C)(C)OC(=O)N1[C@H](c2ccc3c(c2)-c2cc([C@@H]4COC(C)(C)N4C(=O)OC(C)(C)C)ccc2O[C@H](COCc2ccccc2)[C@@H](COCc2ccccc2)O3)COC1(C)C. The predicted octanol–water partition coefficient (Wildman–Crippen LogP) is 10.4. The lowest BCUT2D eigenvalue weighted by atomic mass is 9.93. The molecule has 0 radical (unpaired) electrons. The molecule has 3 heterocycles. The van der Waals surface area contributed by atoms with Crippen molar-refractivity contribution in [3.8, 4) is 22.6 Å². The molecular formula is C50H62N2O10. The first kappa shape index (κ1) is 44.9. The van der Waals surface area contributed by atoms with Crippen molar-refractivity contribution in [1.29, 1.82) is 0 Å². The molecule has 0 unspecified atom stereocenters. The number of carbonyl (C=O) groups excluding carboxylic acids is 2. The average Bonchev–Trinajstić information content (AvgIpc) is 3.70. The van der Waals surface area contributed by atoms with E-state index in [0.29, 0.717) is 24.7 Å². The molecule has 7 rings (SSSR count). The molecule has 0 saturated carbocycles. The Morgan fingerprint density at radius 2 is 0.952 bits per heavy atom. The highest BCUT2D eigenvalue weighted by molar-refractivity contribution is 5.79. The maximum absolute atomic E-state index is 13.8. The zero-order valence-electron chi connectivity index (χ0n) is 37.8. The molecule has 0 N–H and O–H groups in total. The molecule has 0 bridgehead atoms. The van der Waals surface area contributed by atoms with Crippen LogP contribution in [0.4, 0.5) is 9.59 Å². The second-order valence-electron chi connectivity index (χ2n) is 19.1. The molecule has 3 aliphatic rings. The summed E-state index contributed by atoms with van der Waals surface area (Å²) < 4.78 is 50.9. The fraction of sp³-hybridized carbons (Fsp3) is 0.480. The molecule has 2 amide bonds. The van der Waals surface area contributed by atoms with Gasteiger partial charge in [0, 0.05) is 11.1 Å². The van der Waals surface area contributed by atoms with Gasteiger partial charge in [-0.3, -0.25) is 9.80 Å². The summed E-state index contributed by atoms with van der Waals surface area (Å²) in [6, 6.07) is 30.9. The van der Waals surface area contributed by atoms with Crippen LogP contribution >= 0.6 is 0 Å². The van der Waals surface area contributed by atoms with Gasteiger partial charge >= 0.3 is 12.2 Å². The van der Waals surface area contributed by atoms with Crippen molar-refractivity contribution in [1.82, 2.24) is 9.80 Å². The van der Waals surface area contributed by atoms with Crippen LogP contribution in [0.2, 0.25) is 0 Å². The molecule has 4 aromatic rings. The number of nitrogens with zero attached hydrogens (tertiary/aromatic N) is 2. The van der Waals surface area contributed by atoms with E-state index < -0.39 is 59.1 Å². The number of benzene rings is 4. The third-order valence-electron chi connectivity index (χ3n) is 11.0. The summed E-state index contributed by atoms with van der Waals surface area (Å²) in [6.07, 6.45) is -2.13. The van der Waals surface area contributed by atoms with Crippen molar-refractivity contribution in [2.24, 2.45) is 0 Å². The Kier molecular flexibility index (Phi) is 13.0. The van der Waals surface area contributed by atoms with Crippen molar-refractivity contribution >= 4 is 12.2 Å². The molecule has 2 saturated heterocycles. The van der Waals surface area contributed by atoms with Crippen LogP contribution in [0.5, 0.6) is 11.5 Å². The van der Waals surface area contributed by atoms with Crippen LogP contribution in [0.1, 0.15) is 104 Å². The minimum Gasteiger partial charge on any atom is -0.483 e. The largest absolute Gasteiger partial charge is 0.483 e. The minimum absolute atomic E-state index is 0.208. The maximum atomic E-state index is 13.8. The van der Waals surface area contributed by atoms with Crippen molar-refractivity contribution < 1.29 is 47.5 Å². The van der Waals surface area contributed by atoms with Crippen LogP contribution in [-0.2, 0) is 41.6 Å². The standard InChI is InChI=1S/C50H62N2O10/c1-47(2,3)61-45(53)51-39(29-57-49(51,7)8)35-21-23-41-37(25-35)38-26-36(40-30-58-50(9,10)52(40)46(54)62-48(4,5)6)22-24-42(38)60-44(32-56-28-34-19-15-12-16-20-34)43(59-41)31-55-27-33-17-13-11-14-18-33/h11-26,39-40,43-44H,27-32H2,1-10H3/t39-,40-,43+,44+/m0/s1. The van der Waals surface area contributed by atoms with Gasteiger partial charge in [0.05, 0.1) is 51.7 Å². The lowest BCUT2D eigenvalue weighted by molar-refractivity contribution is -0.0637. The van der Waals surface area contributed by atoms with Gasteiger partial charge in [0.25, 0.3) is 0 Å². The van der Waals surface area contributed by atoms with Crippen molar-refractivity contribution in [3.63, 3.8) is 0 Å². The number of hydrogen-bond donors (Lipinski definition) is 0. The predicted molar refractivity (Wildman–Crippen MR) is 235 cm³/mol. The zero-order chi connectivity index (χ0) is 44.5. The number of rotatable bonds is 10. The van der Waals surface area contributed by atoms with Gasteiger partial charge in [0.2, 0.25) is 0 Å². The third kappa shape index (κ3) is 10.5. The Morgan fingerprint density at radius 1 is 0.581 bits per heavy atom. The average molecular weight is 851 g/mol. The topological polar surface area (TPSA) is 114 Å². The normalized spacial score (nSPS) is 21.8. The van der Waals surface area contributed by atoms with Crippen LogP contribution in [0.15, 0.2) is 97.1 Å². The Morgan fingerprint density at radius 3 is 1.31 bits per heavy atom. The molecule has 332 valence electrons. The zero-order valence-corrected chi connectivity index (χ0v) is 37.8. The Hall–Kier alpha value is -5.14. The molecule has 3 aliphatic heterocycles. The summed E-state index contributed by atoms with van der Waals surface area (Å²) in [4.78, 5) is 31.0. The van der Waals surface area contributed by atoms with Gasteiger partial charge in [-0.05, 0) is 116 Å². The summed E-state index contributed by atoms with van der Waals surface area (Å²) >= 11 is 0. The van der Waals surface area contributed by atoms with Crippen LogP contribution in [0, 0.1) is 0 Å². The van der Waals surface area contributed by atoms with Crippen LogP contribution in [0.3, 0.4) is 0 Å². The Labute approximate surface area is 366 Å². The first-order valence-electron chi connectivity index (χ1n) is 21.5. The van der Waals surface area contributed by atoms with E-state index in [0.717, 1.165) is 33.4 Å². The highest BCUT2D eigenvalue weighted by atomic mass is 16.6. The summed E-state index contributed by atoms with van der Waals surface area (Å²) in [5.41, 5.74) is 1.88. The molecule has 4 atom stereocenters. The molecule has 0 aromatic heterocycles. The van der Waals surface area contributed by atoms with E-state index >= 15 is 0 Å². The summed E-state index contributed by atoms with van der Waals surface area (Å²) in [5.74, 6) is 1.18. The second kappa shape index (κ2) is 17.9. The molecular weight excluding hydrogens is 789 g/mol. The number of hydrogen-bond acceptors (Lipinski definition) is 10. The summed E-state index contributed by atoms with van der Waals surface area (Å²) in [6.45, 7) is 20.3. The third-order valence-corrected chi connectivity index (χ3v) is 11.0. The molecule has 62 heavy (non-hydrogen) atoms. The molecule has 4 aromatic carbocycles. The van der Waals surface area contributed by atoms with E-state index in [4.69, 9.17) is 37.9 Å². The molecule has 2 fully saturated rings. The van der Waals surface area contributed by atoms with Gasteiger partial charge in [-0.1, -0.05) is 72.8 Å². The monoisotopic (exact) mass is 850 g/mol. The summed E-state index contributed by atoms with van der Waals surface area (Å²) in [7, 11) is 0. The van der Waals surface area contributed by atoms with Crippen molar-refractivity contribution in [2.75, 3.05) is 26.4 Å². The quantitative estimate of drug-likeness (QED) is 0.153. The fourth-order valence-corrected chi connectivity index (χ4v) is 8.04. The lowest BCUT2D eigenvalue weighted by Gasteiger charge is -2.36. The van der Waals surface area contributed by atoms with E-state index in [2.05, 4.69) is 0 Å². The van der Waals surface area contributed by atoms with Gasteiger partial charge < -0.3 is 37.9 Å². The van der Waals surface area contributed by atoms with Crippen molar-refractivity contribution in [3.05, 3.63) is 119 Å². The second-order valence-corrected chi connectivity index (χ2v) is 19.1. The van der Waals surface area contributed by atoms with Gasteiger partial charge in [0.1, 0.15) is 34.2 Å². The number of carbonyl (C=O) groups is 2. The van der Waals surface area contributed by atoms with E-state index in [1.807, 2.05) is 166 Å². The first-order chi connectivity index (χ1) is 29.3. The van der Waals surface area contributed by atoms with Crippen LogP contribution in [-0.4, -0.2) is 83.3 Å². The Bertz CT molecular complexity index is 2020. The van der Waals surface area contributed by atoms with E-state index in [1.54, 1.807) is 9.80 Å². The first-order valence-corrected chi connectivity index (χ1v) is 21.5. The van der Waals surface area contributed by atoms with Gasteiger partial charge in [-0.2, -0.15) is 0 Å². The molecule has 0 aliphatic carbocycles. The molecule has 12 heteroatoms. The number of amides is 2. The van der Waals surface area contributed by atoms with Gasteiger partial charge in [0.15, 0.2) is 12.2 Å². The number of ether oxygens (including phenoxy) is 8. The van der Waals surface area contributed by atoms with Crippen LogP contribution in [0.25, 0.3) is 11.1 Å². The van der Waals surface area contributed by atoms with Gasteiger partial charge in [-0.25, -0.2) is 9.59 Å².